The zero-order valence-corrected chi connectivity index (χ0v) is 12.6. The van der Waals surface area contributed by atoms with Crippen molar-refractivity contribution >= 4 is 0 Å². The minimum absolute atomic E-state index is 0.658. The number of rotatable bonds is 8. The first-order chi connectivity index (χ1) is 9.85. The van der Waals surface area contributed by atoms with Gasteiger partial charge in [0.25, 0.3) is 0 Å². The van der Waals surface area contributed by atoms with Crippen LogP contribution in [0.2, 0.25) is 0 Å². The summed E-state index contributed by atoms with van der Waals surface area (Å²) in [7, 11) is 2.02. The van der Waals surface area contributed by atoms with Gasteiger partial charge < -0.3 is 14.8 Å². The van der Waals surface area contributed by atoms with Crippen LogP contribution >= 0.6 is 0 Å². The lowest BCUT2D eigenvalue weighted by Crippen LogP contribution is -2.39. The van der Waals surface area contributed by atoms with Crippen molar-refractivity contribution in [3.05, 3.63) is 24.3 Å². The molecule has 1 aliphatic heterocycles. The lowest BCUT2D eigenvalue weighted by molar-refractivity contribution is 0.190. The van der Waals surface area contributed by atoms with Gasteiger partial charge in [-0.05, 0) is 45.5 Å². The van der Waals surface area contributed by atoms with Gasteiger partial charge in [0.15, 0.2) is 11.5 Å². The van der Waals surface area contributed by atoms with Crippen molar-refractivity contribution in [2.24, 2.45) is 0 Å². The first-order valence-electron chi connectivity index (χ1n) is 7.58. The summed E-state index contributed by atoms with van der Waals surface area (Å²) in [6.45, 7) is 6.59. The summed E-state index contributed by atoms with van der Waals surface area (Å²) in [6, 6.07) is 8.54. The Balaban J connectivity index is 1.80. The standard InChI is InChI=1S/C16H26N2O2/c1-3-19-15-8-4-5-9-16(15)20-12-11-18-10-6-7-14(18)13-17-2/h4-5,8-9,14,17H,3,6-7,10-13H2,1-2H3. The Kier molecular flexibility index (Phi) is 6.15. The maximum absolute atomic E-state index is 5.89. The molecule has 1 saturated heterocycles. The fourth-order valence-corrected chi connectivity index (χ4v) is 2.77. The summed E-state index contributed by atoms with van der Waals surface area (Å²) in [5.74, 6) is 1.68. The van der Waals surface area contributed by atoms with Crippen molar-refractivity contribution in [2.75, 3.05) is 39.9 Å². The van der Waals surface area contributed by atoms with Gasteiger partial charge in [0.1, 0.15) is 6.61 Å². The summed E-state index contributed by atoms with van der Waals surface area (Å²) < 4.78 is 11.5. The van der Waals surface area contributed by atoms with E-state index >= 15 is 0 Å². The minimum Gasteiger partial charge on any atom is -0.490 e. The highest BCUT2D eigenvalue weighted by atomic mass is 16.5. The molecule has 1 N–H and O–H groups in total. The van der Waals surface area contributed by atoms with E-state index in [9.17, 15) is 0 Å². The number of hydrogen-bond acceptors (Lipinski definition) is 4. The van der Waals surface area contributed by atoms with Crippen LogP contribution in [-0.2, 0) is 0 Å². The van der Waals surface area contributed by atoms with Gasteiger partial charge in [0.2, 0.25) is 0 Å². The number of hydrogen-bond donors (Lipinski definition) is 1. The fraction of sp³-hybridized carbons (Fsp3) is 0.625. The van der Waals surface area contributed by atoms with Crippen LogP contribution in [0.3, 0.4) is 0 Å². The quantitative estimate of drug-likeness (QED) is 0.790. The second-order valence-corrected chi connectivity index (χ2v) is 5.12. The van der Waals surface area contributed by atoms with E-state index < -0.39 is 0 Å². The Morgan fingerprint density at radius 3 is 2.70 bits per heavy atom. The van der Waals surface area contributed by atoms with Crippen molar-refractivity contribution < 1.29 is 9.47 Å². The van der Waals surface area contributed by atoms with E-state index in [-0.39, 0.29) is 0 Å². The number of para-hydroxylation sites is 2. The third-order valence-corrected chi connectivity index (χ3v) is 3.72. The summed E-state index contributed by atoms with van der Waals surface area (Å²) >= 11 is 0. The van der Waals surface area contributed by atoms with E-state index in [1.165, 1.54) is 19.4 Å². The third kappa shape index (κ3) is 4.12. The summed E-state index contributed by atoms with van der Waals surface area (Å²) in [5.41, 5.74) is 0. The fourth-order valence-electron chi connectivity index (χ4n) is 2.77. The van der Waals surface area contributed by atoms with Crippen LogP contribution in [0.5, 0.6) is 11.5 Å². The van der Waals surface area contributed by atoms with Gasteiger partial charge >= 0.3 is 0 Å². The molecular weight excluding hydrogens is 252 g/mol. The third-order valence-electron chi connectivity index (χ3n) is 3.72. The van der Waals surface area contributed by atoms with Crippen LogP contribution < -0.4 is 14.8 Å². The largest absolute Gasteiger partial charge is 0.490 e. The average molecular weight is 278 g/mol. The number of nitrogens with zero attached hydrogens (tertiary/aromatic N) is 1. The lowest BCUT2D eigenvalue weighted by atomic mass is 10.2. The van der Waals surface area contributed by atoms with Crippen LogP contribution in [-0.4, -0.2) is 50.8 Å². The average Bonchev–Trinajstić information content (AvgIpc) is 2.89. The molecule has 0 aromatic heterocycles. The van der Waals surface area contributed by atoms with Crippen molar-refractivity contribution in [2.45, 2.75) is 25.8 Å². The Bertz CT molecular complexity index is 398. The van der Waals surface area contributed by atoms with E-state index in [0.29, 0.717) is 19.3 Å². The molecule has 1 atom stereocenters. The number of likely N-dealkylation sites (tertiary alicyclic amines) is 1. The Hall–Kier alpha value is -1.26. The normalized spacial score (nSPS) is 19.2. The number of benzene rings is 1. The highest BCUT2D eigenvalue weighted by Gasteiger charge is 2.23. The Labute approximate surface area is 122 Å². The summed E-state index contributed by atoms with van der Waals surface area (Å²) in [5, 5.41) is 3.27. The van der Waals surface area contributed by atoms with Crippen LogP contribution in [0.15, 0.2) is 24.3 Å². The molecule has 4 heteroatoms. The van der Waals surface area contributed by atoms with Gasteiger partial charge in [-0.1, -0.05) is 12.1 Å². The molecule has 1 heterocycles. The Morgan fingerprint density at radius 1 is 1.25 bits per heavy atom. The van der Waals surface area contributed by atoms with Crippen molar-refractivity contribution in [1.29, 1.82) is 0 Å². The molecule has 1 aromatic carbocycles. The van der Waals surface area contributed by atoms with Crippen molar-refractivity contribution in [3.8, 4) is 11.5 Å². The molecule has 1 aromatic rings. The zero-order valence-electron chi connectivity index (χ0n) is 12.6. The number of ether oxygens (including phenoxy) is 2. The molecule has 2 rings (SSSR count). The molecule has 20 heavy (non-hydrogen) atoms. The van der Waals surface area contributed by atoms with Gasteiger partial charge in [0, 0.05) is 19.1 Å². The molecule has 0 aliphatic carbocycles. The number of nitrogens with one attached hydrogen (secondary N) is 1. The van der Waals surface area contributed by atoms with E-state index in [1.807, 2.05) is 38.2 Å². The summed E-state index contributed by atoms with van der Waals surface area (Å²) in [4.78, 5) is 2.51. The summed E-state index contributed by atoms with van der Waals surface area (Å²) in [6.07, 6.45) is 2.58. The first kappa shape index (κ1) is 15.1. The monoisotopic (exact) mass is 278 g/mol. The molecule has 0 spiro atoms. The van der Waals surface area contributed by atoms with Gasteiger partial charge in [-0.3, -0.25) is 4.90 Å². The smallest absolute Gasteiger partial charge is 0.161 e. The SMILES string of the molecule is CCOc1ccccc1OCCN1CCCC1CNC. The first-order valence-corrected chi connectivity index (χ1v) is 7.58. The van der Waals surface area contributed by atoms with E-state index in [4.69, 9.17) is 9.47 Å². The predicted molar refractivity (Wildman–Crippen MR) is 81.6 cm³/mol. The molecule has 1 aliphatic rings. The predicted octanol–water partition coefficient (Wildman–Crippen LogP) is 2.15. The zero-order chi connectivity index (χ0) is 14.2. The maximum Gasteiger partial charge on any atom is 0.161 e. The molecule has 112 valence electrons. The van der Waals surface area contributed by atoms with Gasteiger partial charge in [-0.15, -0.1) is 0 Å². The van der Waals surface area contributed by atoms with Crippen molar-refractivity contribution in [1.82, 2.24) is 10.2 Å². The van der Waals surface area contributed by atoms with Crippen molar-refractivity contribution in [3.63, 3.8) is 0 Å². The van der Waals surface area contributed by atoms with E-state index in [0.717, 1.165) is 24.6 Å². The second-order valence-electron chi connectivity index (χ2n) is 5.12. The van der Waals surface area contributed by atoms with E-state index in [1.54, 1.807) is 0 Å². The second kappa shape index (κ2) is 8.12. The Morgan fingerprint density at radius 2 is 2.00 bits per heavy atom. The molecule has 1 fully saturated rings. The van der Waals surface area contributed by atoms with Gasteiger partial charge in [-0.25, -0.2) is 0 Å². The van der Waals surface area contributed by atoms with Crippen LogP contribution in [0.1, 0.15) is 19.8 Å². The molecule has 0 bridgehead atoms. The highest BCUT2D eigenvalue weighted by Crippen LogP contribution is 2.26. The van der Waals surface area contributed by atoms with Gasteiger partial charge in [-0.2, -0.15) is 0 Å². The van der Waals surface area contributed by atoms with Crippen LogP contribution in [0, 0.1) is 0 Å². The number of likely N-dealkylation sites (N-methyl/N-ethyl adjacent to an activating group) is 1. The topological polar surface area (TPSA) is 33.7 Å². The molecule has 0 amide bonds. The molecule has 1 unspecified atom stereocenters. The molecule has 0 radical (unpaired) electrons. The molecular formula is C16H26N2O2. The maximum atomic E-state index is 5.89. The van der Waals surface area contributed by atoms with E-state index in [2.05, 4.69) is 10.2 Å². The molecule has 0 saturated carbocycles. The van der Waals surface area contributed by atoms with Crippen LogP contribution in [0.4, 0.5) is 0 Å². The van der Waals surface area contributed by atoms with Crippen LogP contribution in [0.25, 0.3) is 0 Å². The highest BCUT2D eigenvalue weighted by molar-refractivity contribution is 5.39. The molecule has 4 nitrogen and oxygen atoms in total. The lowest BCUT2D eigenvalue weighted by Gasteiger charge is -2.24. The minimum atomic E-state index is 0.658. The van der Waals surface area contributed by atoms with Gasteiger partial charge in [0.05, 0.1) is 6.61 Å².